The first kappa shape index (κ1) is 19.8. The highest BCUT2D eigenvalue weighted by molar-refractivity contribution is 7.89. The molecule has 1 amide bonds. The van der Waals surface area contributed by atoms with Gasteiger partial charge in [0.05, 0.1) is 25.8 Å². The topological polar surface area (TPSA) is 79.4 Å². The molecule has 0 spiro atoms. The van der Waals surface area contributed by atoms with Crippen LogP contribution in [0.5, 0.6) is 0 Å². The molecular formula is C18H18ClN3O3S2. The van der Waals surface area contributed by atoms with E-state index in [0.717, 1.165) is 4.70 Å². The predicted molar refractivity (Wildman–Crippen MR) is 109 cm³/mol. The molecule has 0 aliphatic heterocycles. The van der Waals surface area contributed by atoms with E-state index >= 15 is 0 Å². The Morgan fingerprint density at radius 3 is 2.44 bits per heavy atom. The lowest BCUT2D eigenvalue weighted by Gasteiger charge is -2.18. The van der Waals surface area contributed by atoms with E-state index in [-0.39, 0.29) is 10.8 Å². The highest BCUT2D eigenvalue weighted by Crippen LogP contribution is 2.32. The van der Waals surface area contributed by atoms with Crippen LogP contribution in [-0.2, 0) is 10.0 Å². The van der Waals surface area contributed by atoms with E-state index in [2.05, 4.69) is 10.3 Å². The quantitative estimate of drug-likeness (QED) is 0.643. The fraction of sp³-hybridized carbons (Fsp3) is 0.222. The van der Waals surface area contributed by atoms with Gasteiger partial charge in [-0.2, -0.15) is 4.31 Å². The predicted octanol–water partition coefficient (Wildman–Crippen LogP) is 4.23. The number of amides is 1. The SMILES string of the molecule is CCN(CC)S(=O)(=O)c1ccc(C(=O)Nc2ccc(Cl)c3ncsc23)cc1. The third-order valence-electron chi connectivity index (χ3n) is 4.14. The second kappa shape index (κ2) is 7.93. The number of benzene rings is 2. The second-order valence-electron chi connectivity index (χ2n) is 5.69. The fourth-order valence-electron chi connectivity index (χ4n) is 2.70. The third-order valence-corrected chi connectivity index (χ3v) is 7.37. The third kappa shape index (κ3) is 3.84. The van der Waals surface area contributed by atoms with Crippen LogP contribution in [0, 0.1) is 0 Å². The maximum atomic E-state index is 12.6. The molecule has 0 bridgehead atoms. The van der Waals surface area contributed by atoms with Gasteiger partial charge in [-0.15, -0.1) is 11.3 Å². The summed E-state index contributed by atoms with van der Waals surface area (Å²) in [5.41, 5.74) is 3.28. The molecular weight excluding hydrogens is 406 g/mol. The Hall–Kier alpha value is -2.00. The smallest absolute Gasteiger partial charge is 0.255 e. The molecule has 0 aliphatic rings. The van der Waals surface area contributed by atoms with Crippen molar-refractivity contribution in [1.29, 1.82) is 0 Å². The van der Waals surface area contributed by atoms with Crippen LogP contribution in [0.4, 0.5) is 5.69 Å². The van der Waals surface area contributed by atoms with Crippen LogP contribution in [0.3, 0.4) is 0 Å². The number of sulfonamides is 1. The molecule has 2 aromatic carbocycles. The van der Waals surface area contributed by atoms with Gasteiger partial charge in [-0.1, -0.05) is 25.4 Å². The lowest BCUT2D eigenvalue weighted by molar-refractivity contribution is 0.102. The molecule has 0 atom stereocenters. The number of fused-ring (bicyclic) bond motifs is 1. The molecule has 0 unspecified atom stereocenters. The van der Waals surface area contributed by atoms with E-state index in [9.17, 15) is 13.2 Å². The van der Waals surface area contributed by atoms with Crippen LogP contribution in [0.25, 0.3) is 10.2 Å². The molecule has 27 heavy (non-hydrogen) atoms. The number of hydrogen-bond donors (Lipinski definition) is 1. The van der Waals surface area contributed by atoms with Gasteiger partial charge < -0.3 is 5.32 Å². The minimum absolute atomic E-state index is 0.166. The number of carbonyl (C=O) groups is 1. The van der Waals surface area contributed by atoms with Gasteiger partial charge in [-0.05, 0) is 36.4 Å². The average Bonchev–Trinajstić information content (AvgIpc) is 3.16. The zero-order chi connectivity index (χ0) is 19.6. The molecule has 0 radical (unpaired) electrons. The van der Waals surface area contributed by atoms with Crippen LogP contribution in [0.15, 0.2) is 46.8 Å². The van der Waals surface area contributed by atoms with Gasteiger partial charge in [0.2, 0.25) is 10.0 Å². The first-order chi connectivity index (χ1) is 12.9. The summed E-state index contributed by atoms with van der Waals surface area (Å²) in [4.78, 5) is 16.9. The molecule has 3 rings (SSSR count). The number of nitrogens with one attached hydrogen (secondary N) is 1. The Balaban J connectivity index is 1.84. The standard InChI is InChI=1S/C18H18ClN3O3S2/c1-3-22(4-2)27(24,25)13-7-5-12(6-8-13)18(23)21-15-10-9-14(19)16-17(15)26-11-20-16/h5-11H,3-4H2,1-2H3,(H,21,23). The Morgan fingerprint density at radius 2 is 1.81 bits per heavy atom. The molecule has 0 fully saturated rings. The summed E-state index contributed by atoms with van der Waals surface area (Å²) in [6.45, 7) is 4.36. The van der Waals surface area contributed by atoms with E-state index in [1.807, 2.05) is 0 Å². The molecule has 6 nitrogen and oxygen atoms in total. The first-order valence-electron chi connectivity index (χ1n) is 8.31. The number of nitrogens with zero attached hydrogens (tertiary/aromatic N) is 2. The van der Waals surface area contributed by atoms with Crippen LogP contribution in [0.1, 0.15) is 24.2 Å². The van der Waals surface area contributed by atoms with Crippen LogP contribution >= 0.6 is 22.9 Å². The van der Waals surface area contributed by atoms with E-state index in [0.29, 0.717) is 34.9 Å². The minimum atomic E-state index is -3.55. The van der Waals surface area contributed by atoms with Gasteiger partial charge in [-0.25, -0.2) is 13.4 Å². The van der Waals surface area contributed by atoms with E-state index < -0.39 is 10.0 Å². The summed E-state index contributed by atoms with van der Waals surface area (Å²) < 4.78 is 27.2. The molecule has 0 saturated heterocycles. The van der Waals surface area contributed by atoms with Gasteiger partial charge in [-0.3, -0.25) is 4.79 Å². The van der Waals surface area contributed by atoms with Gasteiger partial charge in [0.15, 0.2) is 0 Å². The van der Waals surface area contributed by atoms with Crippen molar-refractivity contribution in [2.75, 3.05) is 18.4 Å². The first-order valence-corrected chi connectivity index (χ1v) is 11.0. The summed E-state index contributed by atoms with van der Waals surface area (Å²) in [6.07, 6.45) is 0. The van der Waals surface area contributed by atoms with Crippen LogP contribution in [-0.4, -0.2) is 36.7 Å². The average molecular weight is 424 g/mol. The van der Waals surface area contributed by atoms with Crippen molar-refractivity contribution in [2.45, 2.75) is 18.7 Å². The van der Waals surface area contributed by atoms with E-state index in [1.165, 1.54) is 39.9 Å². The monoisotopic (exact) mass is 423 g/mol. The van der Waals surface area contributed by atoms with Crippen molar-refractivity contribution < 1.29 is 13.2 Å². The van der Waals surface area contributed by atoms with Gasteiger partial charge in [0.25, 0.3) is 5.91 Å². The van der Waals surface area contributed by atoms with Crippen molar-refractivity contribution >= 4 is 54.8 Å². The molecule has 0 saturated carbocycles. The van der Waals surface area contributed by atoms with E-state index in [1.54, 1.807) is 31.5 Å². The fourth-order valence-corrected chi connectivity index (χ4v) is 5.21. The maximum absolute atomic E-state index is 12.6. The normalized spacial score (nSPS) is 11.9. The Labute approximate surface area is 166 Å². The van der Waals surface area contributed by atoms with Crippen molar-refractivity contribution in [3.05, 3.63) is 52.5 Å². The molecule has 9 heteroatoms. The Bertz CT molecular complexity index is 1070. The zero-order valence-electron chi connectivity index (χ0n) is 14.8. The number of anilines is 1. The summed E-state index contributed by atoms with van der Waals surface area (Å²) >= 11 is 7.49. The molecule has 1 heterocycles. The van der Waals surface area contributed by atoms with Crippen LogP contribution < -0.4 is 5.32 Å². The number of aromatic nitrogens is 1. The Kier molecular flexibility index (Phi) is 5.81. The highest BCUT2D eigenvalue weighted by Gasteiger charge is 2.21. The van der Waals surface area contributed by atoms with Gasteiger partial charge in [0.1, 0.15) is 5.52 Å². The lowest BCUT2D eigenvalue weighted by Crippen LogP contribution is -2.30. The van der Waals surface area contributed by atoms with Gasteiger partial charge in [0, 0.05) is 18.7 Å². The summed E-state index contributed by atoms with van der Waals surface area (Å²) in [7, 11) is -3.55. The summed E-state index contributed by atoms with van der Waals surface area (Å²) in [5, 5.41) is 3.35. The largest absolute Gasteiger partial charge is 0.321 e. The van der Waals surface area contributed by atoms with Crippen molar-refractivity contribution in [2.24, 2.45) is 0 Å². The lowest BCUT2D eigenvalue weighted by atomic mass is 10.2. The molecule has 0 aliphatic carbocycles. The highest BCUT2D eigenvalue weighted by atomic mass is 35.5. The number of halogens is 1. The minimum Gasteiger partial charge on any atom is -0.321 e. The van der Waals surface area contributed by atoms with Crippen LogP contribution in [0.2, 0.25) is 5.02 Å². The number of hydrogen-bond acceptors (Lipinski definition) is 5. The zero-order valence-corrected chi connectivity index (χ0v) is 17.2. The summed E-state index contributed by atoms with van der Waals surface area (Å²) in [5.74, 6) is -0.334. The maximum Gasteiger partial charge on any atom is 0.255 e. The second-order valence-corrected chi connectivity index (χ2v) is 8.89. The molecule has 1 aromatic heterocycles. The van der Waals surface area contributed by atoms with E-state index in [4.69, 9.17) is 11.6 Å². The van der Waals surface area contributed by atoms with Crippen molar-refractivity contribution in [3.63, 3.8) is 0 Å². The van der Waals surface area contributed by atoms with Crippen molar-refractivity contribution in [3.8, 4) is 0 Å². The molecule has 142 valence electrons. The summed E-state index contributed by atoms with van der Waals surface area (Å²) in [6, 6.07) is 9.31. The Morgan fingerprint density at radius 1 is 1.15 bits per heavy atom. The molecule has 3 aromatic rings. The number of carbonyl (C=O) groups excluding carboxylic acids is 1. The number of rotatable bonds is 6. The van der Waals surface area contributed by atoms with Crippen molar-refractivity contribution in [1.82, 2.24) is 9.29 Å². The van der Waals surface area contributed by atoms with Gasteiger partial charge >= 0.3 is 0 Å². The number of thiazole rings is 1. The molecule has 1 N–H and O–H groups in total.